The molecule has 14 heavy (non-hydrogen) atoms. The van der Waals surface area contributed by atoms with Crippen LogP contribution >= 0.6 is 0 Å². The van der Waals surface area contributed by atoms with Crippen LogP contribution in [-0.2, 0) is 6.54 Å². The lowest BCUT2D eigenvalue weighted by Crippen LogP contribution is -2.10. The zero-order chi connectivity index (χ0) is 10.7. The first-order valence-electron chi connectivity index (χ1n) is 3.82. The van der Waals surface area contributed by atoms with Crippen molar-refractivity contribution in [3.63, 3.8) is 0 Å². The minimum absolute atomic E-state index is 0.0130. The lowest BCUT2D eigenvalue weighted by molar-refractivity contribution is 0.110. The Bertz CT molecular complexity index is 355. The SMILES string of the molecule is NCc1c(N)ncc(C(F)F)c1C=O. The number of aromatic nitrogens is 1. The number of nitrogens with two attached hydrogens (primary N) is 2. The van der Waals surface area contributed by atoms with Crippen molar-refractivity contribution in [1.82, 2.24) is 4.98 Å². The molecule has 0 aromatic carbocycles. The Hall–Kier alpha value is -1.56. The highest BCUT2D eigenvalue weighted by Gasteiger charge is 2.17. The van der Waals surface area contributed by atoms with E-state index in [1.54, 1.807) is 0 Å². The maximum absolute atomic E-state index is 12.4. The summed E-state index contributed by atoms with van der Waals surface area (Å²) in [5, 5.41) is 0. The van der Waals surface area contributed by atoms with E-state index >= 15 is 0 Å². The molecule has 0 unspecified atom stereocenters. The Morgan fingerprint density at radius 1 is 1.57 bits per heavy atom. The number of anilines is 1. The number of alkyl halides is 2. The zero-order valence-electron chi connectivity index (χ0n) is 7.21. The zero-order valence-corrected chi connectivity index (χ0v) is 7.21. The average molecular weight is 201 g/mol. The topological polar surface area (TPSA) is 82.0 Å². The van der Waals surface area contributed by atoms with E-state index in [1.165, 1.54) is 0 Å². The predicted octanol–water partition coefficient (Wildman–Crippen LogP) is 0.873. The molecule has 0 bridgehead atoms. The number of hydrogen-bond donors (Lipinski definition) is 2. The molecule has 0 amide bonds. The molecule has 76 valence electrons. The monoisotopic (exact) mass is 201 g/mol. The fraction of sp³-hybridized carbons (Fsp3) is 0.250. The molecule has 1 rings (SSSR count). The van der Waals surface area contributed by atoms with Crippen LogP contribution in [0.4, 0.5) is 14.6 Å². The quantitative estimate of drug-likeness (QED) is 0.711. The first-order chi connectivity index (χ1) is 6.61. The molecular formula is C8H9F2N3O. The lowest BCUT2D eigenvalue weighted by atomic mass is 10.1. The molecule has 1 heterocycles. The highest BCUT2D eigenvalue weighted by Crippen LogP contribution is 2.25. The van der Waals surface area contributed by atoms with E-state index in [4.69, 9.17) is 11.5 Å². The van der Waals surface area contributed by atoms with Gasteiger partial charge in [0.1, 0.15) is 5.82 Å². The molecule has 0 fully saturated rings. The number of hydrogen-bond acceptors (Lipinski definition) is 4. The van der Waals surface area contributed by atoms with Gasteiger partial charge in [-0.2, -0.15) is 0 Å². The average Bonchev–Trinajstić information content (AvgIpc) is 2.16. The van der Waals surface area contributed by atoms with Gasteiger partial charge in [-0.25, -0.2) is 13.8 Å². The van der Waals surface area contributed by atoms with Crippen LogP contribution < -0.4 is 11.5 Å². The van der Waals surface area contributed by atoms with Crippen LogP contribution in [-0.4, -0.2) is 11.3 Å². The van der Waals surface area contributed by atoms with Gasteiger partial charge >= 0.3 is 0 Å². The molecular weight excluding hydrogens is 192 g/mol. The molecule has 1 aromatic rings. The Kier molecular flexibility index (Phi) is 3.08. The van der Waals surface area contributed by atoms with Crippen molar-refractivity contribution in [2.45, 2.75) is 13.0 Å². The Morgan fingerprint density at radius 2 is 2.21 bits per heavy atom. The molecule has 0 atom stereocenters. The molecule has 0 aliphatic heterocycles. The molecule has 0 aliphatic rings. The van der Waals surface area contributed by atoms with Gasteiger partial charge in [-0.15, -0.1) is 0 Å². The maximum Gasteiger partial charge on any atom is 0.266 e. The number of carbonyl (C=O) groups excluding carboxylic acids is 1. The fourth-order valence-electron chi connectivity index (χ4n) is 1.13. The van der Waals surface area contributed by atoms with Gasteiger partial charge in [0, 0.05) is 29.4 Å². The smallest absolute Gasteiger partial charge is 0.266 e. The third-order valence-electron chi connectivity index (χ3n) is 1.85. The van der Waals surface area contributed by atoms with Gasteiger partial charge in [-0.3, -0.25) is 4.79 Å². The fourth-order valence-corrected chi connectivity index (χ4v) is 1.13. The van der Waals surface area contributed by atoms with Crippen molar-refractivity contribution in [3.05, 3.63) is 22.9 Å². The van der Waals surface area contributed by atoms with Gasteiger partial charge < -0.3 is 11.5 Å². The van der Waals surface area contributed by atoms with E-state index in [2.05, 4.69) is 4.98 Å². The molecule has 4 nitrogen and oxygen atoms in total. The minimum Gasteiger partial charge on any atom is -0.383 e. The molecule has 0 saturated heterocycles. The van der Waals surface area contributed by atoms with Crippen molar-refractivity contribution < 1.29 is 13.6 Å². The van der Waals surface area contributed by atoms with Gasteiger partial charge in [0.25, 0.3) is 6.43 Å². The molecule has 0 spiro atoms. The van der Waals surface area contributed by atoms with E-state index in [9.17, 15) is 13.6 Å². The van der Waals surface area contributed by atoms with Crippen LogP contribution in [0.5, 0.6) is 0 Å². The van der Waals surface area contributed by atoms with Crippen LogP contribution in [0, 0.1) is 0 Å². The van der Waals surface area contributed by atoms with Crippen molar-refractivity contribution in [2.75, 3.05) is 5.73 Å². The Labute approximate surface area is 78.9 Å². The van der Waals surface area contributed by atoms with E-state index in [1.807, 2.05) is 0 Å². The number of halogens is 2. The summed E-state index contributed by atoms with van der Waals surface area (Å²) >= 11 is 0. The third-order valence-corrected chi connectivity index (χ3v) is 1.85. The summed E-state index contributed by atoms with van der Waals surface area (Å²) in [5.74, 6) is 0.0130. The Morgan fingerprint density at radius 3 is 2.64 bits per heavy atom. The van der Waals surface area contributed by atoms with Gasteiger partial charge in [-0.05, 0) is 0 Å². The van der Waals surface area contributed by atoms with Crippen molar-refractivity contribution in [2.24, 2.45) is 5.73 Å². The maximum atomic E-state index is 12.4. The van der Waals surface area contributed by atoms with Crippen LogP contribution in [0.2, 0.25) is 0 Å². The van der Waals surface area contributed by atoms with Crippen molar-refractivity contribution in [3.8, 4) is 0 Å². The standard InChI is InChI=1S/C8H9F2N3O/c9-7(10)5-2-13-8(12)4(1-11)6(5)3-14/h2-3,7H,1,11H2,(H2,12,13). The summed E-state index contributed by atoms with van der Waals surface area (Å²) in [5.41, 5.74) is 10.2. The van der Waals surface area contributed by atoms with E-state index < -0.39 is 12.0 Å². The van der Waals surface area contributed by atoms with Crippen molar-refractivity contribution in [1.29, 1.82) is 0 Å². The first kappa shape index (κ1) is 10.5. The van der Waals surface area contributed by atoms with E-state index in [0.717, 1.165) is 6.20 Å². The Balaban J connectivity index is 3.40. The number of pyridine rings is 1. The summed E-state index contributed by atoms with van der Waals surface area (Å²) in [6, 6.07) is 0. The minimum atomic E-state index is -2.76. The summed E-state index contributed by atoms with van der Waals surface area (Å²) in [6.45, 7) is -0.0898. The highest BCUT2D eigenvalue weighted by atomic mass is 19.3. The van der Waals surface area contributed by atoms with Crippen molar-refractivity contribution >= 4 is 12.1 Å². The van der Waals surface area contributed by atoms with E-state index in [-0.39, 0.29) is 23.5 Å². The number of aldehydes is 1. The molecule has 0 aliphatic carbocycles. The number of nitrogen functional groups attached to an aromatic ring is 1. The first-order valence-corrected chi connectivity index (χ1v) is 3.82. The van der Waals surface area contributed by atoms with Gasteiger partial charge in [0.15, 0.2) is 6.29 Å². The molecule has 1 aromatic heterocycles. The number of carbonyl (C=O) groups is 1. The largest absolute Gasteiger partial charge is 0.383 e. The van der Waals surface area contributed by atoms with Crippen LogP contribution in [0.1, 0.15) is 27.9 Å². The number of nitrogens with zero attached hydrogens (tertiary/aromatic N) is 1. The predicted molar refractivity (Wildman–Crippen MR) is 46.9 cm³/mol. The summed E-state index contributed by atoms with van der Waals surface area (Å²) in [4.78, 5) is 14.1. The van der Waals surface area contributed by atoms with Crippen LogP contribution in [0.15, 0.2) is 6.20 Å². The molecule has 0 saturated carbocycles. The molecule has 0 radical (unpaired) electrons. The normalized spacial score (nSPS) is 10.6. The molecule has 6 heteroatoms. The summed E-state index contributed by atoms with van der Waals surface area (Å²) < 4.78 is 24.8. The second kappa shape index (κ2) is 4.10. The number of rotatable bonds is 3. The second-order valence-electron chi connectivity index (χ2n) is 2.61. The summed E-state index contributed by atoms with van der Waals surface area (Å²) in [7, 11) is 0. The van der Waals surface area contributed by atoms with E-state index in [0.29, 0.717) is 6.29 Å². The van der Waals surface area contributed by atoms with Crippen LogP contribution in [0.25, 0.3) is 0 Å². The van der Waals surface area contributed by atoms with Gasteiger partial charge in [0.2, 0.25) is 0 Å². The third kappa shape index (κ3) is 1.69. The van der Waals surface area contributed by atoms with Gasteiger partial charge in [0.05, 0.1) is 0 Å². The van der Waals surface area contributed by atoms with Gasteiger partial charge in [-0.1, -0.05) is 0 Å². The van der Waals surface area contributed by atoms with Crippen LogP contribution in [0.3, 0.4) is 0 Å². The second-order valence-corrected chi connectivity index (χ2v) is 2.61. The summed E-state index contributed by atoms with van der Waals surface area (Å²) in [6.07, 6.45) is -1.54. The highest BCUT2D eigenvalue weighted by molar-refractivity contribution is 5.81. The lowest BCUT2D eigenvalue weighted by Gasteiger charge is -2.09. The molecule has 4 N–H and O–H groups in total.